The Morgan fingerprint density at radius 1 is 1.08 bits per heavy atom. The minimum absolute atomic E-state index is 0.271. The first-order chi connectivity index (χ1) is 12.2. The zero-order chi connectivity index (χ0) is 17.2. The first kappa shape index (κ1) is 15.6. The predicted molar refractivity (Wildman–Crippen MR) is 95.0 cm³/mol. The molecule has 2 heterocycles. The van der Waals surface area contributed by atoms with E-state index < -0.39 is 0 Å². The van der Waals surface area contributed by atoms with Crippen LogP contribution in [0.5, 0.6) is 0 Å². The minimum atomic E-state index is -0.372. The third-order valence-electron chi connectivity index (χ3n) is 3.76. The molecule has 2 aromatic carbocycles. The lowest BCUT2D eigenvalue weighted by Crippen LogP contribution is -2.19. The van der Waals surface area contributed by atoms with Crippen LogP contribution in [-0.4, -0.2) is 19.6 Å². The van der Waals surface area contributed by atoms with Crippen molar-refractivity contribution in [3.05, 3.63) is 82.7 Å². The smallest absolute Gasteiger partial charge is 0.285 e. The van der Waals surface area contributed by atoms with Gasteiger partial charge in [0.15, 0.2) is 10.8 Å². The van der Waals surface area contributed by atoms with Crippen LogP contribution in [0.15, 0.2) is 70.7 Å². The van der Waals surface area contributed by atoms with Crippen molar-refractivity contribution in [3.63, 3.8) is 0 Å². The molecule has 25 heavy (non-hydrogen) atoms. The molecule has 0 aliphatic heterocycles. The molecule has 0 saturated carbocycles. The van der Waals surface area contributed by atoms with E-state index in [9.17, 15) is 9.18 Å². The highest BCUT2D eigenvalue weighted by Gasteiger charge is 2.12. The van der Waals surface area contributed by atoms with Gasteiger partial charge < -0.3 is 0 Å². The van der Waals surface area contributed by atoms with E-state index in [1.54, 1.807) is 24.4 Å². The zero-order valence-corrected chi connectivity index (χ0v) is 13.8. The summed E-state index contributed by atoms with van der Waals surface area (Å²) in [6, 6.07) is 16.2. The van der Waals surface area contributed by atoms with Crippen molar-refractivity contribution < 1.29 is 4.39 Å². The van der Waals surface area contributed by atoms with Crippen molar-refractivity contribution in [1.29, 1.82) is 0 Å². The molecule has 2 aromatic heterocycles. The minimum Gasteiger partial charge on any atom is -0.285 e. The maximum atomic E-state index is 13.7. The topological polar surface area (TPSA) is 63.0 Å². The molecule has 0 bridgehead atoms. The first-order valence-corrected chi connectivity index (χ1v) is 8.60. The van der Waals surface area contributed by atoms with Gasteiger partial charge in [-0.3, -0.25) is 4.98 Å². The van der Waals surface area contributed by atoms with Crippen molar-refractivity contribution in [1.82, 2.24) is 19.6 Å². The van der Waals surface area contributed by atoms with Crippen LogP contribution in [0.4, 0.5) is 4.39 Å². The van der Waals surface area contributed by atoms with Crippen LogP contribution < -0.4 is 5.69 Å². The quantitative estimate of drug-likeness (QED) is 0.571. The molecule has 0 saturated heterocycles. The molecular formula is C18H13FN4OS. The van der Waals surface area contributed by atoms with Crippen LogP contribution in [0.3, 0.4) is 0 Å². The van der Waals surface area contributed by atoms with Gasteiger partial charge in [0, 0.05) is 11.3 Å². The molecule has 1 N–H and O–H groups in total. The molecule has 0 aliphatic carbocycles. The summed E-state index contributed by atoms with van der Waals surface area (Å²) in [6.45, 7) is 0. The third-order valence-corrected chi connectivity index (χ3v) is 4.69. The number of fused-ring (bicyclic) bond motifs is 1. The normalized spacial score (nSPS) is 11.1. The van der Waals surface area contributed by atoms with E-state index in [1.807, 2.05) is 30.3 Å². The summed E-state index contributed by atoms with van der Waals surface area (Å²) in [4.78, 5) is 19.4. The Bertz CT molecular complexity index is 1090. The number of thioether (sulfide) groups is 1. The van der Waals surface area contributed by atoms with Crippen molar-refractivity contribution in [2.24, 2.45) is 0 Å². The molecule has 5 nitrogen and oxygen atoms in total. The fraction of sp³-hybridized carbons (Fsp3) is 0.0556. The number of hydrogen-bond donors (Lipinski definition) is 1. The van der Waals surface area contributed by atoms with Crippen LogP contribution in [-0.2, 0) is 5.75 Å². The van der Waals surface area contributed by atoms with Gasteiger partial charge in [-0.1, -0.05) is 60.3 Å². The lowest BCUT2D eigenvalue weighted by atomic mass is 10.1. The molecule has 0 spiro atoms. The molecule has 0 unspecified atom stereocenters. The summed E-state index contributed by atoms with van der Waals surface area (Å²) in [5, 5.41) is 4.54. The van der Waals surface area contributed by atoms with Crippen LogP contribution in [0.1, 0.15) is 5.56 Å². The van der Waals surface area contributed by atoms with Crippen LogP contribution in [0.25, 0.3) is 16.8 Å². The second-order valence-corrected chi connectivity index (χ2v) is 6.35. The molecule has 124 valence electrons. The maximum absolute atomic E-state index is 13.7. The molecule has 0 fully saturated rings. The van der Waals surface area contributed by atoms with E-state index in [4.69, 9.17) is 0 Å². The highest BCUT2D eigenvalue weighted by Crippen LogP contribution is 2.25. The molecule has 0 aliphatic rings. The van der Waals surface area contributed by atoms with Gasteiger partial charge in [-0.2, -0.15) is 9.61 Å². The van der Waals surface area contributed by atoms with E-state index in [0.717, 1.165) is 11.1 Å². The summed E-state index contributed by atoms with van der Waals surface area (Å²) >= 11 is 1.28. The monoisotopic (exact) mass is 352 g/mol. The SMILES string of the molecule is O=c1[nH]c(SCc2ccccc2F)nc2c(-c3ccccc3)cnn12. The highest BCUT2D eigenvalue weighted by atomic mass is 32.2. The second-order valence-electron chi connectivity index (χ2n) is 5.39. The number of aromatic amines is 1. The molecule has 4 rings (SSSR count). The van der Waals surface area contributed by atoms with Crippen molar-refractivity contribution in [3.8, 4) is 11.1 Å². The van der Waals surface area contributed by atoms with E-state index in [2.05, 4.69) is 15.1 Å². The number of aromatic nitrogens is 4. The number of benzene rings is 2. The standard InChI is InChI=1S/C18H13FN4OS/c19-15-9-5-4-8-13(15)11-25-17-21-16-14(12-6-2-1-3-7-12)10-20-23(16)18(24)22-17/h1-10H,11H2,(H,21,22,24). The Labute approximate surface area is 146 Å². The Kier molecular flexibility index (Phi) is 4.07. The van der Waals surface area contributed by atoms with Gasteiger partial charge in [-0.25, -0.2) is 14.2 Å². The summed E-state index contributed by atoms with van der Waals surface area (Å²) in [5.41, 5.74) is 2.38. The second kappa shape index (κ2) is 6.52. The van der Waals surface area contributed by atoms with E-state index in [0.29, 0.717) is 22.1 Å². The zero-order valence-electron chi connectivity index (χ0n) is 13.0. The Morgan fingerprint density at radius 2 is 1.84 bits per heavy atom. The third kappa shape index (κ3) is 3.06. The van der Waals surface area contributed by atoms with E-state index in [1.165, 1.54) is 22.3 Å². The molecule has 0 radical (unpaired) electrons. The van der Waals surface area contributed by atoms with E-state index >= 15 is 0 Å². The van der Waals surface area contributed by atoms with Gasteiger partial charge in [-0.05, 0) is 17.2 Å². The largest absolute Gasteiger partial charge is 0.350 e. The van der Waals surface area contributed by atoms with Gasteiger partial charge >= 0.3 is 5.69 Å². The number of rotatable bonds is 4. The van der Waals surface area contributed by atoms with Gasteiger partial charge in [-0.15, -0.1) is 0 Å². The Morgan fingerprint density at radius 3 is 2.64 bits per heavy atom. The van der Waals surface area contributed by atoms with Crippen molar-refractivity contribution >= 4 is 17.4 Å². The first-order valence-electron chi connectivity index (χ1n) is 7.62. The Balaban J connectivity index is 1.71. The number of nitrogens with zero attached hydrogens (tertiary/aromatic N) is 3. The maximum Gasteiger partial charge on any atom is 0.350 e. The van der Waals surface area contributed by atoms with Gasteiger partial charge in [0.05, 0.1) is 6.20 Å². The van der Waals surface area contributed by atoms with Crippen LogP contribution in [0, 0.1) is 5.82 Å². The lowest BCUT2D eigenvalue weighted by molar-refractivity contribution is 0.617. The summed E-state index contributed by atoms with van der Waals surface area (Å²) in [7, 11) is 0. The van der Waals surface area contributed by atoms with Crippen LogP contribution >= 0.6 is 11.8 Å². The van der Waals surface area contributed by atoms with E-state index in [-0.39, 0.29) is 11.5 Å². The van der Waals surface area contributed by atoms with Gasteiger partial charge in [0.2, 0.25) is 0 Å². The van der Waals surface area contributed by atoms with Crippen molar-refractivity contribution in [2.45, 2.75) is 10.9 Å². The number of hydrogen-bond acceptors (Lipinski definition) is 4. The lowest BCUT2D eigenvalue weighted by Gasteiger charge is -2.04. The number of H-pyrrole nitrogens is 1. The van der Waals surface area contributed by atoms with Gasteiger partial charge in [0.1, 0.15) is 5.82 Å². The molecule has 0 amide bonds. The molecule has 7 heteroatoms. The highest BCUT2D eigenvalue weighted by molar-refractivity contribution is 7.98. The Hall–Kier alpha value is -2.93. The molecular weight excluding hydrogens is 339 g/mol. The number of halogens is 1. The van der Waals surface area contributed by atoms with Crippen molar-refractivity contribution in [2.75, 3.05) is 0 Å². The summed E-state index contributed by atoms with van der Waals surface area (Å²) in [6.07, 6.45) is 1.62. The summed E-state index contributed by atoms with van der Waals surface area (Å²) in [5.74, 6) is 0.105. The molecule has 4 aromatic rings. The summed E-state index contributed by atoms with van der Waals surface area (Å²) < 4.78 is 15.0. The van der Waals surface area contributed by atoms with Crippen LogP contribution in [0.2, 0.25) is 0 Å². The fourth-order valence-corrected chi connectivity index (χ4v) is 3.35. The average molecular weight is 352 g/mol. The predicted octanol–water partition coefficient (Wildman–Crippen LogP) is 3.52. The average Bonchev–Trinajstić information content (AvgIpc) is 3.06. The molecule has 0 atom stereocenters. The fourth-order valence-electron chi connectivity index (χ4n) is 2.52. The number of nitrogens with one attached hydrogen (secondary N) is 1. The van der Waals surface area contributed by atoms with Gasteiger partial charge in [0.25, 0.3) is 0 Å².